The van der Waals surface area contributed by atoms with Gasteiger partial charge in [-0.15, -0.1) is 0 Å². The van der Waals surface area contributed by atoms with Crippen LogP contribution in [0.2, 0.25) is 0 Å². The van der Waals surface area contributed by atoms with Gasteiger partial charge in [0.15, 0.2) is 29.2 Å². The molecule has 0 unspecified atom stereocenters. The van der Waals surface area contributed by atoms with Crippen molar-refractivity contribution in [3.05, 3.63) is 83.4 Å². The fourth-order valence-corrected chi connectivity index (χ4v) is 4.49. The van der Waals surface area contributed by atoms with E-state index in [1.165, 1.54) is 19.1 Å². The van der Waals surface area contributed by atoms with E-state index in [1.807, 2.05) is 42.5 Å². The normalized spacial score (nSPS) is 14.5. The third-order valence-electron chi connectivity index (χ3n) is 6.64. The van der Waals surface area contributed by atoms with Crippen LogP contribution in [-0.4, -0.2) is 50.1 Å². The van der Waals surface area contributed by atoms with Gasteiger partial charge in [-0.25, -0.2) is 8.78 Å². The summed E-state index contributed by atoms with van der Waals surface area (Å²) in [7, 11) is 2.48. The molecule has 38 heavy (non-hydrogen) atoms. The standard InChI is InChI=1S/C29H30F2N2O5/c1-18(38-22-7-5-4-6-8-22)28(34)32-21-11-9-19(10-12-21)20-13-15-33(16-14-20)29(35)25-26(30)23(36-2)17-24(37-3)27(25)31/h4-12,17-18,20H,13-16H2,1-3H3,(H,32,34)/t18-/m1/s1. The number of rotatable bonds is 8. The van der Waals surface area contributed by atoms with Crippen LogP contribution < -0.4 is 19.5 Å². The molecule has 0 bridgehead atoms. The average Bonchev–Trinajstić information content (AvgIpc) is 2.94. The van der Waals surface area contributed by atoms with Crippen LogP contribution in [0.15, 0.2) is 60.7 Å². The predicted octanol–water partition coefficient (Wildman–Crippen LogP) is 5.41. The highest BCUT2D eigenvalue weighted by molar-refractivity contribution is 5.96. The Kier molecular flexibility index (Phi) is 8.45. The zero-order chi connectivity index (χ0) is 27.2. The van der Waals surface area contributed by atoms with Crippen LogP contribution in [0, 0.1) is 11.6 Å². The summed E-state index contributed by atoms with van der Waals surface area (Å²) < 4.78 is 45.1. The van der Waals surface area contributed by atoms with Gasteiger partial charge in [0.1, 0.15) is 11.3 Å². The maximum Gasteiger partial charge on any atom is 0.265 e. The monoisotopic (exact) mass is 524 g/mol. The van der Waals surface area contributed by atoms with Gasteiger partial charge in [-0.1, -0.05) is 30.3 Å². The van der Waals surface area contributed by atoms with Crippen molar-refractivity contribution in [3.63, 3.8) is 0 Å². The van der Waals surface area contributed by atoms with E-state index < -0.39 is 29.2 Å². The third kappa shape index (κ3) is 5.88. The lowest BCUT2D eigenvalue weighted by Crippen LogP contribution is -2.38. The maximum absolute atomic E-state index is 14.8. The Morgan fingerprint density at radius 1 is 0.921 bits per heavy atom. The first-order chi connectivity index (χ1) is 18.3. The van der Waals surface area contributed by atoms with Crippen LogP contribution in [0.25, 0.3) is 0 Å². The van der Waals surface area contributed by atoms with E-state index >= 15 is 0 Å². The molecule has 0 aromatic heterocycles. The molecule has 3 aromatic rings. The van der Waals surface area contributed by atoms with Crippen molar-refractivity contribution in [3.8, 4) is 17.2 Å². The first-order valence-electron chi connectivity index (χ1n) is 12.3. The van der Waals surface area contributed by atoms with Crippen molar-refractivity contribution in [2.75, 3.05) is 32.6 Å². The number of para-hydroxylation sites is 1. The number of ether oxygens (including phenoxy) is 3. The number of nitrogens with zero attached hydrogens (tertiary/aromatic N) is 1. The first kappa shape index (κ1) is 26.9. The Morgan fingerprint density at radius 3 is 2.05 bits per heavy atom. The molecule has 1 aliphatic heterocycles. The zero-order valence-electron chi connectivity index (χ0n) is 21.5. The topological polar surface area (TPSA) is 77.1 Å². The lowest BCUT2D eigenvalue weighted by Gasteiger charge is -2.32. The third-order valence-corrected chi connectivity index (χ3v) is 6.64. The van der Waals surface area contributed by atoms with Crippen LogP contribution in [0.3, 0.4) is 0 Å². The molecular weight excluding hydrogens is 494 g/mol. The minimum absolute atomic E-state index is 0.165. The summed E-state index contributed by atoms with van der Waals surface area (Å²) >= 11 is 0. The molecule has 1 aliphatic rings. The Bertz CT molecular complexity index is 1250. The second-order valence-corrected chi connectivity index (χ2v) is 9.03. The number of hydrogen-bond acceptors (Lipinski definition) is 5. The second-order valence-electron chi connectivity index (χ2n) is 9.03. The molecule has 0 aliphatic carbocycles. The average molecular weight is 525 g/mol. The molecule has 3 aromatic carbocycles. The molecule has 7 nitrogen and oxygen atoms in total. The summed E-state index contributed by atoms with van der Waals surface area (Å²) in [6, 6.07) is 17.7. The molecule has 0 saturated carbocycles. The molecular formula is C29H30F2N2O5. The van der Waals surface area contributed by atoms with Crippen molar-refractivity contribution in [2.24, 2.45) is 0 Å². The largest absolute Gasteiger partial charge is 0.494 e. The number of piperidine rings is 1. The first-order valence-corrected chi connectivity index (χ1v) is 12.3. The van der Waals surface area contributed by atoms with Gasteiger partial charge < -0.3 is 24.4 Å². The number of anilines is 1. The summed E-state index contributed by atoms with van der Waals surface area (Å²) in [5, 5.41) is 2.85. The summed E-state index contributed by atoms with van der Waals surface area (Å²) in [6.45, 7) is 2.37. The van der Waals surface area contributed by atoms with Crippen molar-refractivity contribution >= 4 is 17.5 Å². The van der Waals surface area contributed by atoms with E-state index in [1.54, 1.807) is 19.1 Å². The summed E-state index contributed by atoms with van der Waals surface area (Å²) in [6.07, 6.45) is 0.589. The molecule has 0 radical (unpaired) electrons. The second kappa shape index (κ2) is 11.9. The van der Waals surface area contributed by atoms with E-state index in [0.717, 1.165) is 11.6 Å². The van der Waals surface area contributed by atoms with Gasteiger partial charge in [-0.2, -0.15) is 0 Å². The minimum atomic E-state index is -1.04. The van der Waals surface area contributed by atoms with Crippen molar-refractivity contribution in [2.45, 2.75) is 31.8 Å². The quantitative estimate of drug-likeness (QED) is 0.427. The predicted molar refractivity (Wildman–Crippen MR) is 139 cm³/mol. The molecule has 2 amide bonds. The van der Waals surface area contributed by atoms with Gasteiger partial charge in [-0.3, -0.25) is 9.59 Å². The maximum atomic E-state index is 14.8. The van der Waals surface area contributed by atoms with Crippen LogP contribution in [0.1, 0.15) is 41.6 Å². The number of methoxy groups -OCH3 is 2. The van der Waals surface area contributed by atoms with Crippen molar-refractivity contribution in [1.29, 1.82) is 0 Å². The fraction of sp³-hybridized carbons (Fsp3) is 0.310. The number of hydrogen-bond donors (Lipinski definition) is 1. The van der Waals surface area contributed by atoms with Crippen molar-refractivity contribution < 1.29 is 32.6 Å². The Hall–Kier alpha value is -4.14. The van der Waals surface area contributed by atoms with Gasteiger partial charge in [0, 0.05) is 24.8 Å². The highest BCUT2D eigenvalue weighted by Gasteiger charge is 2.31. The molecule has 1 N–H and O–H groups in total. The Balaban J connectivity index is 1.35. The molecule has 1 atom stereocenters. The summed E-state index contributed by atoms with van der Waals surface area (Å²) in [5.41, 5.74) is 1.03. The zero-order valence-corrected chi connectivity index (χ0v) is 21.5. The number of carbonyl (C=O) groups excluding carboxylic acids is 2. The molecule has 1 saturated heterocycles. The number of likely N-dealkylation sites (tertiary alicyclic amines) is 1. The molecule has 1 fully saturated rings. The molecule has 1 heterocycles. The van der Waals surface area contributed by atoms with E-state index in [4.69, 9.17) is 14.2 Å². The van der Waals surface area contributed by atoms with E-state index in [2.05, 4.69) is 5.32 Å². The van der Waals surface area contributed by atoms with E-state index in [0.29, 0.717) is 37.4 Å². The highest BCUT2D eigenvalue weighted by atomic mass is 19.1. The number of benzene rings is 3. The SMILES string of the molecule is COc1cc(OC)c(F)c(C(=O)N2CCC(c3ccc(NC(=O)[C@@H](C)Oc4ccccc4)cc3)CC2)c1F. The van der Waals surface area contributed by atoms with Crippen molar-refractivity contribution in [1.82, 2.24) is 4.90 Å². The van der Waals surface area contributed by atoms with Gasteiger partial charge in [0.2, 0.25) is 0 Å². The van der Waals surface area contributed by atoms with Crippen LogP contribution in [0.4, 0.5) is 14.5 Å². The Morgan fingerprint density at radius 2 is 1.50 bits per heavy atom. The van der Waals surface area contributed by atoms with Crippen LogP contribution in [-0.2, 0) is 4.79 Å². The summed E-state index contributed by atoms with van der Waals surface area (Å²) in [5.74, 6) is -2.81. The number of amides is 2. The van der Waals surface area contributed by atoms with Gasteiger partial charge >= 0.3 is 0 Å². The molecule has 9 heteroatoms. The molecule has 0 spiro atoms. The fourth-order valence-electron chi connectivity index (χ4n) is 4.49. The van der Waals surface area contributed by atoms with Gasteiger partial charge in [0.25, 0.3) is 11.8 Å². The lowest BCUT2D eigenvalue weighted by atomic mass is 9.89. The smallest absolute Gasteiger partial charge is 0.265 e. The lowest BCUT2D eigenvalue weighted by molar-refractivity contribution is -0.122. The van der Waals surface area contributed by atoms with E-state index in [9.17, 15) is 18.4 Å². The molecule has 200 valence electrons. The van der Waals surface area contributed by atoms with Gasteiger partial charge in [-0.05, 0) is 55.5 Å². The number of carbonyl (C=O) groups is 2. The number of nitrogens with one attached hydrogen (secondary N) is 1. The minimum Gasteiger partial charge on any atom is -0.494 e. The summed E-state index contributed by atoms with van der Waals surface area (Å²) in [4.78, 5) is 27.0. The van der Waals surface area contributed by atoms with Crippen LogP contribution >= 0.6 is 0 Å². The van der Waals surface area contributed by atoms with Crippen LogP contribution in [0.5, 0.6) is 17.2 Å². The van der Waals surface area contributed by atoms with Gasteiger partial charge in [0.05, 0.1) is 14.2 Å². The molecule has 4 rings (SSSR count). The Labute approximate surface area is 220 Å². The highest BCUT2D eigenvalue weighted by Crippen LogP contribution is 2.34. The number of halogens is 2. The van der Waals surface area contributed by atoms with E-state index in [-0.39, 0.29) is 23.3 Å².